The van der Waals surface area contributed by atoms with Crippen molar-refractivity contribution in [2.75, 3.05) is 0 Å². The van der Waals surface area contributed by atoms with Gasteiger partial charge in [0, 0.05) is 17.5 Å². The quantitative estimate of drug-likeness (QED) is 0.753. The monoisotopic (exact) mass is 304 g/mol. The Morgan fingerprint density at radius 1 is 1.30 bits per heavy atom. The highest BCUT2D eigenvalue weighted by atomic mass is 32.2. The van der Waals surface area contributed by atoms with Gasteiger partial charge < -0.3 is 0 Å². The molecule has 1 N–H and O–H groups in total. The number of nitrogens with one attached hydrogen (secondary N) is 1. The fraction of sp³-hybridized carbons (Fsp3) is 0.154. The third-order valence-electron chi connectivity index (χ3n) is 2.65. The van der Waals surface area contributed by atoms with Gasteiger partial charge in [0.05, 0.1) is 5.69 Å². The number of aromatic nitrogens is 4. The molecule has 3 rings (SSSR count). The predicted molar refractivity (Wildman–Crippen MR) is 80.6 cm³/mol. The largest absolute Gasteiger partial charge is 0.294 e. The van der Waals surface area contributed by atoms with Crippen LogP contribution in [0.2, 0.25) is 0 Å². The van der Waals surface area contributed by atoms with Gasteiger partial charge in [-0.25, -0.2) is 4.68 Å². The molecule has 3 aromatic rings. The summed E-state index contributed by atoms with van der Waals surface area (Å²) in [6.45, 7) is 1.93. The molecule has 0 radical (unpaired) electrons. The third kappa shape index (κ3) is 2.83. The van der Waals surface area contributed by atoms with E-state index in [2.05, 4.69) is 15.3 Å². The van der Waals surface area contributed by atoms with Crippen molar-refractivity contribution in [1.29, 1.82) is 0 Å². The number of rotatable bonds is 4. The Labute approximate surface area is 123 Å². The number of thioether (sulfide) groups is 1. The lowest BCUT2D eigenvalue weighted by Gasteiger charge is -2.00. The van der Waals surface area contributed by atoms with Crippen LogP contribution in [0.1, 0.15) is 10.7 Å². The number of nitrogens with zero attached hydrogens (tertiary/aromatic N) is 3. The minimum Gasteiger partial charge on any atom is -0.294 e. The first-order valence-electron chi connectivity index (χ1n) is 6.01. The summed E-state index contributed by atoms with van der Waals surface area (Å²) in [6, 6.07) is 11.1. The standard InChI is InChI=1S/C13H12N4OS2/c1-9-14-15-13(20-9)19-8-10-7-12(18)17(16-10)11-5-3-2-4-6-11/h2-7,16H,8H2,1H3. The molecule has 0 atom stereocenters. The van der Waals surface area contributed by atoms with Crippen molar-refractivity contribution in [1.82, 2.24) is 20.0 Å². The van der Waals surface area contributed by atoms with Crippen LogP contribution < -0.4 is 5.56 Å². The zero-order valence-electron chi connectivity index (χ0n) is 10.7. The molecule has 102 valence electrons. The van der Waals surface area contributed by atoms with E-state index >= 15 is 0 Å². The number of H-pyrrole nitrogens is 1. The molecular weight excluding hydrogens is 292 g/mol. The number of benzene rings is 1. The molecule has 0 spiro atoms. The Bertz CT molecular complexity index is 760. The fourth-order valence-electron chi connectivity index (χ4n) is 1.76. The minimum absolute atomic E-state index is 0.0553. The molecule has 0 saturated heterocycles. The molecule has 0 amide bonds. The number of para-hydroxylation sites is 1. The van der Waals surface area contributed by atoms with Crippen LogP contribution in [-0.2, 0) is 5.75 Å². The predicted octanol–water partition coefficient (Wildman–Crippen LogP) is 2.62. The summed E-state index contributed by atoms with van der Waals surface area (Å²) in [5.41, 5.74) is 1.65. The van der Waals surface area contributed by atoms with E-state index in [1.54, 1.807) is 33.8 Å². The van der Waals surface area contributed by atoms with Gasteiger partial charge in [0.15, 0.2) is 4.34 Å². The second kappa shape index (κ2) is 5.64. The van der Waals surface area contributed by atoms with Crippen LogP contribution in [0.5, 0.6) is 0 Å². The van der Waals surface area contributed by atoms with E-state index in [4.69, 9.17) is 0 Å². The number of hydrogen-bond acceptors (Lipinski definition) is 5. The van der Waals surface area contributed by atoms with E-state index in [9.17, 15) is 4.79 Å². The van der Waals surface area contributed by atoms with Gasteiger partial charge in [0.25, 0.3) is 5.56 Å². The zero-order valence-corrected chi connectivity index (χ0v) is 12.4. The first-order valence-corrected chi connectivity index (χ1v) is 7.82. The van der Waals surface area contributed by atoms with E-state index in [1.807, 2.05) is 37.3 Å². The summed E-state index contributed by atoms with van der Waals surface area (Å²) in [5, 5.41) is 12.1. The Kier molecular flexibility index (Phi) is 3.70. The van der Waals surface area contributed by atoms with Gasteiger partial charge >= 0.3 is 0 Å². The smallest absolute Gasteiger partial charge is 0.271 e. The van der Waals surface area contributed by atoms with E-state index in [0.29, 0.717) is 5.75 Å². The molecule has 0 bridgehead atoms. The minimum atomic E-state index is -0.0553. The first-order chi connectivity index (χ1) is 9.72. The highest BCUT2D eigenvalue weighted by molar-refractivity contribution is 8.00. The van der Waals surface area contributed by atoms with Gasteiger partial charge in [-0.15, -0.1) is 10.2 Å². The SMILES string of the molecule is Cc1nnc(SCc2cc(=O)n(-c3ccccc3)[nH]2)s1. The van der Waals surface area contributed by atoms with Crippen LogP contribution in [0, 0.1) is 6.92 Å². The summed E-state index contributed by atoms with van der Waals surface area (Å²) in [7, 11) is 0. The lowest BCUT2D eigenvalue weighted by Crippen LogP contribution is -2.12. The lowest BCUT2D eigenvalue weighted by molar-refractivity contribution is 0.833. The number of hydrogen-bond donors (Lipinski definition) is 1. The Morgan fingerprint density at radius 2 is 2.10 bits per heavy atom. The topological polar surface area (TPSA) is 63.6 Å². The summed E-state index contributed by atoms with van der Waals surface area (Å²) < 4.78 is 2.46. The molecule has 1 aromatic carbocycles. The van der Waals surface area contributed by atoms with E-state index in [0.717, 1.165) is 20.7 Å². The highest BCUT2D eigenvalue weighted by Gasteiger charge is 2.07. The molecule has 0 aliphatic rings. The Balaban J connectivity index is 1.77. The van der Waals surface area contributed by atoms with E-state index in [-0.39, 0.29) is 5.56 Å². The molecular formula is C13H12N4OS2. The van der Waals surface area contributed by atoms with Gasteiger partial charge in [-0.1, -0.05) is 41.3 Å². The molecule has 2 heterocycles. The summed E-state index contributed by atoms with van der Waals surface area (Å²) in [6.07, 6.45) is 0. The second-order valence-corrected chi connectivity index (χ2v) is 6.57. The maximum Gasteiger partial charge on any atom is 0.271 e. The summed E-state index contributed by atoms with van der Waals surface area (Å²) >= 11 is 3.13. The normalized spacial score (nSPS) is 10.8. The van der Waals surface area contributed by atoms with Crippen molar-refractivity contribution in [2.24, 2.45) is 0 Å². The average molecular weight is 304 g/mol. The molecule has 7 heteroatoms. The van der Waals surface area contributed by atoms with Gasteiger partial charge in [-0.05, 0) is 19.1 Å². The average Bonchev–Trinajstić information content (AvgIpc) is 3.03. The highest BCUT2D eigenvalue weighted by Crippen LogP contribution is 2.24. The molecule has 0 aliphatic heterocycles. The van der Waals surface area contributed by atoms with Crippen LogP contribution in [-0.4, -0.2) is 20.0 Å². The van der Waals surface area contributed by atoms with Crippen molar-refractivity contribution in [3.05, 3.63) is 57.5 Å². The molecule has 0 unspecified atom stereocenters. The number of aryl methyl sites for hydroxylation is 1. The lowest BCUT2D eigenvalue weighted by atomic mass is 10.3. The second-order valence-electron chi connectivity index (χ2n) is 4.17. The van der Waals surface area contributed by atoms with Crippen LogP contribution in [0.3, 0.4) is 0 Å². The van der Waals surface area contributed by atoms with Gasteiger partial charge in [0.2, 0.25) is 0 Å². The van der Waals surface area contributed by atoms with Crippen molar-refractivity contribution < 1.29 is 0 Å². The molecule has 5 nitrogen and oxygen atoms in total. The maximum atomic E-state index is 12.0. The van der Waals surface area contributed by atoms with Crippen molar-refractivity contribution in [3.8, 4) is 5.69 Å². The van der Waals surface area contributed by atoms with Gasteiger partial charge in [-0.3, -0.25) is 9.89 Å². The Morgan fingerprint density at radius 3 is 2.80 bits per heavy atom. The Hall–Kier alpha value is -1.86. The first kappa shape index (κ1) is 13.1. The third-order valence-corrected chi connectivity index (χ3v) is 4.67. The summed E-state index contributed by atoms with van der Waals surface area (Å²) in [4.78, 5) is 12.0. The molecule has 0 saturated carbocycles. The molecule has 0 fully saturated rings. The fourth-order valence-corrected chi connectivity index (χ4v) is 3.48. The van der Waals surface area contributed by atoms with Crippen LogP contribution in [0.25, 0.3) is 5.69 Å². The summed E-state index contributed by atoms with van der Waals surface area (Å²) in [5.74, 6) is 0.670. The van der Waals surface area contributed by atoms with E-state index < -0.39 is 0 Å². The maximum absolute atomic E-state index is 12.0. The molecule has 0 aliphatic carbocycles. The van der Waals surface area contributed by atoms with Gasteiger partial charge in [-0.2, -0.15) is 0 Å². The van der Waals surface area contributed by atoms with Crippen molar-refractivity contribution in [2.45, 2.75) is 17.0 Å². The van der Waals surface area contributed by atoms with Crippen LogP contribution in [0.15, 0.2) is 45.5 Å². The van der Waals surface area contributed by atoms with Gasteiger partial charge in [0.1, 0.15) is 5.01 Å². The van der Waals surface area contributed by atoms with E-state index in [1.165, 1.54) is 0 Å². The zero-order chi connectivity index (χ0) is 13.9. The van der Waals surface area contributed by atoms with Crippen molar-refractivity contribution in [3.63, 3.8) is 0 Å². The molecule has 20 heavy (non-hydrogen) atoms. The van der Waals surface area contributed by atoms with Crippen molar-refractivity contribution >= 4 is 23.1 Å². The molecule has 2 aromatic heterocycles. The number of aromatic amines is 1. The van der Waals surface area contributed by atoms with Crippen LogP contribution in [0.4, 0.5) is 0 Å². The van der Waals surface area contributed by atoms with Crippen LogP contribution >= 0.6 is 23.1 Å².